The average Bonchev–Trinajstić information content (AvgIpc) is 2.90. The van der Waals surface area contributed by atoms with E-state index < -0.39 is 0 Å². The molecule has 0 saturated heterocycles. The molecule has 0 heterocycles. The summed E-state index contributed by atoms with van der Waals surface area (Å²) in [7, 11) is 0. The first-order valence-electron chi connectivity index (χ1n) is 16.0. The smallest absolute Gasteiger partial charge is 0.308 e. The summed E-state index contributed by atoms with van der Waals surface area (Å²) in [6.07, 6.45) is 29.2. The number of unbranched alkanes of at least 4 members (excludes halogenated alkanes) is 17. The van der Waals surface area contributed by atoms with Gasteiger partial charge in [0.1, 0.15) is 0 Å². The third-order valence-electron chi connectivity index (χ3n) is 7.59. The molecular formula is C34H60O2. The molecule has 36 heavy (non-hydrogen) atoms. The van der Waals surface area contributed by atoms with Crippen molar-refractivity contribution in [2.75, 3.05) is 6.61 Å². The molecule has 0 aliphatic heterocycles. The normalized spacial score (nSPS) is 12.1. The first-order valence-corrected chi connectivity index (χ1v) is 16.0. The summed E-state index contributed by atoms with van der Waals surface area (Å²) in [5.74, 6) is 0.196. The molecule has 0 spiro atoms. The maximum absolute atomic E-state index is 12.9. The molecule has 0 radical (unpaired) electrons. The number of hydrogen-bond acceptors (Lipinski definition) is 2. The van der Waals surface area contributed by atoms with Crippen LogP contribution in [0.4, 0.5) is 0 Å². The summed E-state index contributed by atoms with van der Waals surface area (Å²) in [4.78, 5) is 12.9. The highest BCUT2D eigenvalue weighted by atomic mass is 16.5. The Labute approximate surface area is 225 Å². The number of esters is 1. The Balaban J connectivity index is 2.22. The summed E-state index contributed by atoms with van der Waals surface area (Å²) in [5, 5.41) is 0. The van der Waals surface area contributed by atoms with Crippen molar-refractivity contribution in [2.24, 2.45) is 5.92 Å². The van der Waals surface area contributed by atoms with Gasteiger partial charge in [-0.1, -0.05) is 160 Å². The van der Waals surface area contributed by atoms with E-state index in [1.54, 1.807) is 0 Å². The van der Waals surface area contributed by atoms with E-state index in [2.05, 4.69) is 44.2 Å². The molecule has 1 unspecified atom stereocenters. The summed E-state index contributed by atoms with van der Waals surface area (Å²) >= 11 is 0. The predicted octanol–water partition coefficient (Wildman–Crippen LogP) is 11.0. The quantitative estimate of drug-likeness (QED) is 0.0933. The number of aryl methyl sites for hydroxylation is 1. The van der Waals surface area contributed by atoms with Gasteiger partial charge in [-0.15, -0.1) is 0 Å². The maximum Gasteiger partial charge on any atom is 0.308 e. The maximum atomic E-state index is 12.9. The fourth-order valence-corrected chi connectivity index (χ4v) is 5.15. The number of carbonyl (C=O) groups excluding carboxylic acids is 1. The van der Waals surface area contributed by atoms with Crippen LogP contribution in [0, 0.1) is 5.92 Å². The van der Waals surface area contributed by atoms with Gasteiger partial charge in [0.2, 0.25) is 0 Å². The van der Waals surface area contributed by atoms with Crippen molar-refractivity contribution >= 4 is 5.97 Å². The Morgan fingerprint density at radius 3 is 1.50 bits per heavy atom. The lowest BCUT2D eigenvalue weighted by Crippen LogP contribution is -2.18. The lowest BCUT2D eigenvalue weighted by Gasteiger charge is -2.16. The van der Waals surface area contributed by atoms with Gasteiger partial charge in [-0.05, 0) is 37.7 Å². The Morgan fingerprint density at radius 1 is 0.583 bits per heavy atom. The van der Waals surface area contributed by atoms with Gasteiger partial charge in [-0.25, -0.2) is 0 Å². The van der Waals surface area contributed by atoms with Crippen molar-refractivity contribution in [3.63, 3.8) is 0 Å². The first kappa shape index (κ1) is 32.7. The van der Waals surface area contributed by atoms with Crippen molar-refractivity contribution in [2.45, 2.75) is 162 Å². The summed E-state index contributed by atoms with van der Waals surface area (Å²) < 4.78 is 5.77. The van der Waals surface area contributed by atoms with Crippen molar-refractivity contribution < 1.29 is 9.53 Å². The fraction of sp³-hybridized carbons (Fsp3) is 0.794. The van der Waals surface area contributed by atoms with E-state index in [-0.39, 0.29) is 11.9 Å². The minimum Gasteiger partial charge on any atom is -0.465 e. The summed E-state index contributed by atoms with van der Waals surface area (Å²) in [6, 6.07) is 10.6. The van der Waals surface area contributed by atoms with Gasteiger partial charge in [-0.2, -0.15) is 0 Å². The van der Waals surface area contributed by atoms with E-state index in [9.17, 15) is 4.79 Å². The second-order valence-corrected chi connectivity index (χ2v) is 11.0. The number of ether oxygens (including phenoxy) is 1. The number of carbonyl (C=O) groups is 1. The van der Waals surface area contributed by atoms with Crippen LogP contribution in [-0.2, 0) is 16.0 Å². The van der Waals surface area contributed by atoms with Gasteiger partial charge in [0.15, 0.2) is 0 Å². The molecule has 0 amide bonds. The Morgan fingerprint density at radius 2 is 1.03 bits per heavy atom. The minimum atomic E-state index is 0.0774. The zero-order chi connectivity index (χ0) is 25.9. The summed E-state index contributed by atoms with van der Waals surface area (Å²) in [6.45, 7) is 5.14. The van der Waals surface area contributed by atoms with Crippen LogP contribution in [0.25, 0.3) is 0 Å². The van der Waals surface area contributed by atoms with E-state index >= 15 is 0 Å². The molecule has 0 aliphatic carbocycles. The molecule has 0 bridgehead atoms. The lowest BCUT2D eigenvalue weighted by atomic mass is 9.94. The molecular weight excluding hydrogens is 440 g/mol. The van der Waals surface area contributed by atoms with E-state index in [4.69, 9.17) is 4.74 Å². The predicted molar refractivity (Wildman–Crippen MR) is 158 cm³/mol. The second-order valence-electron chi connectivity index (χ2n) is 11.0. The minimum absolute atomic E-state index is 0.0774. The van der Waals surface area contributed by atoms with Crippen molar-refractivity contribution in [1.29, 1.82) is 0 Å². The lowest BCUT2D eigenvalue weighted by molar-refractivity contribution is -0.149. The molecule has 1 rings (SSSR count). The van der Waals surface area contributed by atoms with E-state index in [1.165, 1.54) is 121 Å². The fourth-order valence-electron chi connectivity index (χ4n) is 5.15. The third-order valence-corrected chi connectivity index (χ3v) is 7.59. The van der Waals surface area contributed by atoms with Crippen molar-refractivity contribution in [3.05, 3.63) is 35.9 Å². The monoisotopic (exact) mass is 500 g/mol. The van der Waals surface area contributed by atoms with Gasteiger partial charge >= 0.3 is 5.97 Å². The van der Waals surface area contributed by atoms with Crippen LogP contribution in [-0.4, -0.2) is 12.6 Å². The van der Waals surface area contributed by atoms with Crippen LogP contribution in [0.5, 0.6) is 0 Å². The first-order chi connectivity index (χ1) is 17.8. The Bertz CT molecular complexity index is 582. The topological polar surface area (TPSA) is 26.3 Å². The van der Waals surface area contributed by atoms with Crippen LogP contribution in [0.2, 0.25) is 0 Å². The molecule has 1 atom stereocenters. The molecule has 0 saturated carbocycles. The average molecular weight is 501 g/mol. The van der Waals surface area contributed by atoms with Crippen molar-refractivity contribution in [1.82, 2.24) is 0 Å². The molecule has 0 fully saturated rings. The van der Waals surface area contributed by atoms with Crippen LogP contribution in [0.3, 0.4) is 0 Å². The highest BCUT2D eigenvalue weighted by Gasteiger charge is 2.19. The number of hydrogen-bond donors (Lipinski definition) is 0. The largest absolute Gasteiger partial charge is 0.465 e. The van der Waals surface area contributed by atoms with Gasteiger partial charge < -0.3 is 4.74 Å². The second kappa shape index (κ2) is 25.3. The zero-order valence-electron chi connectivity index (χ0n) is 24.3. The van der Waals surface area contributed by atoms with Gasteiger partial charge in [0, 0.05) is 0 Å². The van der Waals surface area contributed by atoms with Crippen LogP contribution >= 0.6 is 0 Å². The molecule has 208 valence electrons. The zero-order valence-corrected chi connectivity index (χ0v) is 24.3. The molecule has 1 aromatic rings. The van der Waals surface area contributed by atoms with Crippen molar-refractivity contribution in [3.8, 4) is 0 Å². The number of benzene rings is 1. The van der Waals surface area contributed by atoms with Gasteiger partial charge in [-0.3, -0.25) is 4.79 Å². The number of rotatable bonds is 26. The molecule has 2 nitrogen and oxygen atoms in total. The van der Waals surface area contributed by atoms with Gasteiger partial charge in [0.25, 0.3) is 0 Å². The Hall–Kier alpha value is -1.31. The van der Waals surface area contributed by atoms with E-state index in [0.717, 1.165) is 32.1 Å². The standard InChI is InChI=1S/C34H60O2/c1-3-5-7-9-11-13-14-16-18-23-30-33(29-22-17-15-12-10-8-6-4-2)34(35)36-31-25-24-28-32-26-20-19-21-27-32/h19-21,26-27,33H,3-18,22-25,28-31H2,1-2H3. The Kier molecular flexibility index (Phi) is 23.0. The SMILES string of the molecule is CCCCCCCCCCCCC(CCCCCCCCCC)C(=O)OCCCCc1ccccc1. The van der Waals surface area contributed by atoms with Gasteiger partial charge in [0.05, 0.1) is 12.5 Å². The van der Waals surface area contributed by atoms with E-state index in [1.807, 2.05) is 0 Å². The molecule has 2 heteroatoms. The molecule has 0 N–H and O–H groups in total. The molecule has 1 aromatic carbocycles. The molecule has 0 aliphatic rings. The highest BCUT2D eigenvalue weighted by molar-refractivity contribution is 5.72. The van der Waals surface area contributed by atoms with Crippen LogP contribution < -0.4 is 0 Å². The summed E-state index contributed by atoms with van der Waals surface area (Å²) in [5.41, 5.74) is 1.37. The van der Waals surface area contributed by atoms with E-state index in [0.29, 0.717) is 6.61 Å². The third kappa shape index (κ3) is 19.8. The highest BCUT2D eigenvalue weighted by Crippen LogP contribution is 2.21. The molecule has 0 aromatic heterocycles. The van der Waals surface area contributed by atoms with Crippen LogP contribution in [0.1, 0.15) is 161 Å². The van der Waals surface area contributed by atoms with Crippen LogP contribution in [0.15, 0.2) is 30.3 Å².